The molecule has 0 radical (unpaired) electrons. The average molecular weight is 163 g/mol. The minimum Gasteiger partial charge on any atom is -0.399 e. The predicted molar refractivity (Wildman–Crippen MR) is 43.9 cm³/mol. The molecule has 0 aliphatic rings. The highest BCUT2D eigenvalue weighted by Gasteiger charge is 2.01. The van der Waals surface area contributed by atoms with Crippen LogP contribution < -0.4 is 5.73 Å². The quantitative estimate of drug-likeness (QED) is 0.471. The molecule has 0 fully saturated rings. The topological polar surface area (TPSA) is 51.8 Å². The van der Waals surface area contributed by atoms with E-state index in [0.29, 0.717) is 16.6 Å². The molecule has 0 saturated carbocycles. The fourth-order valence-electron chi connectivity index (χ4n) is 1.04. The van der Waals surface area contributed by atoms with Crippen LogP contribution >= 0.6 is 0 Å². The molecule has 0 spiro atoms. The van der Waals surface area contributed by atoms with Crippen molar-refractivity contribution in [3.63, 3.8) is 0 Å². The monoisotopic (exact) mass is 163 g/mol. The van der Waals surface area contributed by atoms with Gasteiger partial charge in [-0.05, 0) is 18.2 Å². The van der Waals surface area contributed by atoms with Gasteiger partial charge in [-0.1, -0.05) is 0 Å². The van der Waals surface area contributed by atoms with Crippen molar-refractivity contribution in [1.82, 2.24) is 9.97 Å². The number of hydrogen-bond donors (Lipinski definition) is 1. The Bertz CT molecular complexity index is 428. The van der Waals surface area contributed by atoms with Gasteiger partial charge in [-0.2, -0.15) is 4.39 Å². The molecule has 0 aliphatic carbocycles. The largest absolute Gasteiger partial charge is 0.399 e. The van der Waals surface area contributed by atoms with Crippen molar-refractivity contribution in [2.45, 2.75) is 0 Å². The molecule has 1 heterocycles. The average Bonchev–Trinajstić information content (AvgIpc) is 2.07. The normalized spacial score (nSPS) is 10.4. The Morgan fingerprint density at radius 2 is 2.08 bits per heavy atom. The molecule has 1 aromatic heterocycles. The second kappa shape index (κ2) is 2.41. The minimum absolute atomic E-state index is 0.359. The SMILES string of the molecule is Nc1ccc2ncnc(F)c2c1. The van der Waals surface area contributed by atoms with E-state index in [4.69, 9.17) is 5.73 Å². The summed E-state index contributed by atoms with van der Waals surface area (Å²) in [7, 11) is 0. The number of halogens is 1. The standard InChI is InChI=1S/C8H6FN3/c9-8-6-3-5(10)1-2-7(6)11-4-12-8/h1-4H,10H2. The Hall–Kier alpha value is -1.71. The van der Waals surface area contributed by atoms with Crippen LogP contribution in [0.25, 0.3) is 10.9 Å². The molecule has 12 heavy (non-hydrogen) atoms. The first-order chi connectivity index (χ1) is 5.77. The van der Waals surface area contributed by atoms with E-state index in [0.717, 1.165) is 0 Å². The first kappa shape index (κ1) is 6.97. The number of nitrogen functional groups attached to an aromatic ring is 1. The predicted octanol–water partition coefficient (Wildman–Crippen LogP) is 1.35. The second-order valence-electron chi connectivity index (χ2n) is 2.44. The van der Waals surface area contributed by atoms with Gasteiger partial charge in [-0.25, -0.2) is 9.97 Å². The van der Waals surface area contributed by atoms with Gasteiger partial charge in [-0.15, -0.1) is 0 Å². The van der Waals surface area contributed by atoms with E-state index in [-0.39, 0.29) is 0 Å². The summed E-state index contributed by atoms with van der Waals surface area (Å²) < 4.78 is 13.0. The van der Waals surface area contributed by atoms with E-state index in [2.05, 4.69) is 9.97 Å². The third-order valence-electron chi connectivity index (χ3n) is 1.61. The van der Waals surface area contributed by atoms with Crippen LogP contribution in [0.2, 0.25) is 0 Å². The van der Waals surface area contributed by atoms with Crippen molar-refractivity contribution in [2.75, 3.05) is 5.73 Å². The Morgan fingerprint density at radius 3 is 2.92 bits per heavy atom. The lowest BCUT2D eigenvalue weighted by Crippen LogP contribution is -1.90. The third kappa shape index (κ3) is 0.972. The van der Waals surface area contributed by atoms with Crippen LogP contribution in [0.5, 0.6) is 0 Å². The molecule has 0 amide bonds. The third-order valence-corrected chi connectivity index (χ3v) is 1.61. The van der Waals surface area contributed by atoms with Crippen LogP contribution in [0.15, 0.2) is 24.5 Å². The first-order valence-corrected chi connectivity index (χ1v) is 3.43. The zero-order chi connectivity index (χ0) is 8.55. The molecule has 2 aromatic rings. The molecule has 2 N–H and O–H groups in total. The summed E-state index contributed by atoms with van der Waals surface area (Å²) in [4.78, 5) is 7.29. The van der Waals surface area contributed by atoms with E-state index in [1.807, 2.05) is 0 Å². The first-order valence-electron chi connectivity index (χ1n) is 3.43. The summed E-state index contributed by atoms with van der Waals surface area (Å²) in [6.07, 6.45) is 1.19. The number of anilines is 1. The number of fused-ring (bicyclic) bond motifs is 1. The summed E-state index contributed by atoms with van der Waals surface area (Å²) in [6.45, 7) is 0. The number of benzene rings is 1. The maximum Gasteiger partial charge on any atom is 0.223 e. The molecule has 0 bridgehead atoms. The molecule has 0 atom stereocenters. The van der Waals surface area contributed by atoms with Crippen molar-refractivity contribution in [1.29, 1.82) is 0 Å². The van der Waals surface area contributed by atoms with Crippen molar-refractivity contribution < 1.29 is 4.39 Å². The van der Waals surface area contributed by atoms with Crippen LogP contribution in [0.1, 0.15) is 0 Å². The van der Waals surface area contributed by atoms with Gasteiger partial charge in [0.15, 0.2) is 0 Å². The highest BCUT2D eigenvalue weighted by molar-refractivity contribution is 5.81. The van der Waals surface area contributed by atoms with Gasteiger partial charge in [0, 0.05) is 5.69 Å². The fraction of sp³-hybridized carbons (Fsp3) is 0. The van der Waals surface area contributed by atoms with Crippen LogP contribution in [0.4, 0.5) is 10.1 Å². The fourth-order valence-corrected chi connectivity index (χ4v) is 1.04. The molecule has 4 heteroatoms. The molecule has 3 nitrogen and oxygen atoms in total. The Labute approximate surface area is 68.1 Å². The number of nitrogens with two attached hydrogens (primary N) is 1. The van der Waals surface area contributed by atoms with E-state index >= 15 is 0 Å². The van der Waals surface area contributed by atoms with Crippen molar-refractivity contribution in [2.24, 2.45) is 0 Å². The van der Waals surface area contributed by atoms with Crippen LogP contribution in [-0.2, 0) is 0 Å². The van der Waals surface area contributed by atoms with Crippen LogP contribution in [0.3, 0.4) is 0 Å². The lowest BCUT2D eigenvalue weighted by Gasteiger charge is -1.97. The van der Waals surface area contributed by atoms with Gasteiger partial charge in [0.1, 0.15) is 6.33 Å². The summed E-state index contributed by atoms with van der Waals surface area (Å²) in [5, 5.41) is 0.359. The smallest absolute Gasteiger partial charge is 0.223 e. The van der Waals surface area contributed by atoms with Crippen LogP contribution in [0, 0.1) is 5.95 Å². The maximum atomic E-state index is 13.0. The van der Waals surface area contributed by atoms with Crippen molar-refractivity contribution in [3.05, 3.63) is 30.5 Å². The summed E-state index contributed by atoms with van der Waals surface area (Å²) in [6, 6.07) is 4.86. The number of hydrogen-bond acceptors (Lipinski definition) is 3. The highest BCUT2D eigenvalue weighted by atomic mass is 19.1. The van der Waals surface area contributed by atoms with Gasteiger partial charge >= 0.3 is 0 Å². The summed E-state index contributed by atoms with van der Waals surface area (Å²) in [5.41, 5.74) is 6.55. The van der Waals surface area contributed by atoms with E-state index in [1.165, 1.54) is 12.4 Å². The molecule has 0 saturated heterocycles. The molecule has 1 aromatic carbocycles. The zero-order valence-electron chi connectivity index (χ0n) is 6.16. The van der Waals surface area contributed by atoms with Gasteiger partial charge < -0.3 is 5.73 Å². The second-order valence-corrected chi connectivity index (χ2v) is 2.44. The lowest BCUT2D eigenvalue weighted by molar-refractivity contribution is 0.593. The van der Waals surface area contributed by atoms with Crippen molar-refractivity contribution in [3.8, 4) is 0 Å². The van der Waals surface area contributed by atoms with Crippen molar-refractivity contribution >= 4 is 16.6 Å². The van der Waals surface area contributed by atoms with Gasteiger partial charge in [-0.3, -0.25) is 0 Å². The minimum atomic E-state index is -0.535. The lowest BCUT2D eigenvalue weighted by atomic mass is 10.2. The Balaban J connectivity index is 2.88. The number of rotatable bonds is 0. The Kier molecular flexibility index (Phi) is 1.40. The van der Waals surface area contributed by atoms with E-state index in [1.54, 1.807) is 12.1 Å². The molecule has 0 aliphatic heterocycles. The molecule has 0 unspecified atom stereocenters. The summed E-state index contributed by atoms with van der Waals surface area (Å²) >= 11 is 0. The highest BCUT2D eigenvalue weighted by Crippen LogP contribution is 2.16. The van der Waals surface area contributed by atoms with Gasteiger partial charge in [0.05, 0.1) is 10.9 Å². The zero-order valence-corrected chi connectivity index (χ0v) is 6.16. The van der Waals surface area contributed by atoms with Gasteiger partial charge in [0.2, 0.25) is 5.95 Å². The van der Waals surface area contributed by atoms with Gasteiger partial charge in [0.25, 0.3) is 0 Å². The molecular formula is C8H6FN3. The molecule has 2 rings (SSSR count). The number of aromatic nitrogens is 2. The van der Waals surface area contributed by atoms with E-state index < -0.39 is 5.95 Å². The number of nitrogens with zero attached hydrogens (tertiary/aromatic N) is 2. The maximum absolute atomic E-state index is 13.0. The Morgan fingerprint density at radius 1 is 1.25 bits per heavy atom. The molecular weight excluding hydrogens is 157 g/mol. The summed E-state index contributed by atoms with van der Waals surface area (Å²) in [5.74, 6) is -0.535. The van der Waals surface area contributed by atoms with E-state index in [9.17, 15) is 4.39 Å². The molecule has 60 valence electrons. The van der Waals surface area contributed by atoms with Crippen LogP contribution in [-0.4, -0.2) is 9.97 Å².